The topological polar surface area (TPSA) is 58.4 Å². The molecule has 0 radical (unpaired) electrons. The highest BCUT2D eigenvalue weighted by Gasteiger charge is 2.22. The molecule has 4 heteroatoms. The molecule has 0 bridgehead atoms. The van der Waals surface area contributed by atoms with Gasteiger partial charge in [-0.2, -0.15) is 0 Å². The van der Waals surface area contributed by atoms with Crippen LogP contribution in [0.15, 0.2) is 0 Å². The predicted molar refractivity (Wildman–Crippen MR) is 52.3 cm³/mol. The van der Waals surface area contributed by atoms with Crippen LogP contribution in [-0.2, 0) is 4.79 Å². The van der Waals surface area contributed by atoms with Crippen LogP contribution < -0.4 is 11.1 Å². The molecule has 0 aromatic heterocycles. The standard InChI is InChI=1S/C9H19N3O/c1-12-6-2-3-8(12)7-9(13)11-5-4-10/h8H,2-7,10H2,1H3,(H,11,13). The van der Waals surface area contributed by atoms with E-state index >= 15 is 0 Å². The van der Waals surface area contributed by atoms with Gasteiger partial charge in [0.25, 0.3) is 0 Å². The quantitative estimate of drug-likeness (QED) is 0.623. The van der Waals surface area contributed by atoms with Crippen molar-refractivity contribution < 1.29 is 4.79 Å². The SMILES string of the molecule is CN1CCCC1CC(=O)NCCN. The fourth-order valence-corrected chi connectivity index (χ4v) is 1.73. The lowest BCUT2D eigenvalue weighted by atomic mass is 10.1. The van der Waals surface area contributed by atoms with E-state index in [0.29, 0.717) is 25.6 Å². The van der Waals surface area contributed by atoms with Gasteiger partial charge in [0.1, 0.15) is 0 Å². The molecule has 13 heavy (non-hydrogen) atoms. The Morgan fingerprint density at radius 3 is 3.00 bits per heavy atom. The first-order valence-corrected chi connectivity index (χ1v) is 4.91. The van der Waals surface area contributed by atoms with Crippen LogP contribution in [-0.4, -0.2) is 43.5 Å². The number of nitrogens with one attached hydrogen (secondary N) is 1. The summed E-state index contributed by atoms with van der Waals surface area (Å²) in [5.74, 6) is 0.129. The molecule has 1 rings (SSSR count). The summed E-state index contributed by atoms with van der Waals surface area (Å²) >= 11 is 0. The van der Waals surface area contributed by atoms with Crippen LogP contribution in [0.4, 0.5) is 0 Å². The van der Waals surface area contributed by atoms with Gasteiger partial charge in [-0.3, -0.25) is 4.79 Å². The van der Waals surface area contributed by atoms with Crippen molar-refractivity contribution in [2.75, 3.05) is 26.7 Å². The van der Waals surface area contributed by atoms with Crippen molar-refractivity contribution in [1.29, 1.82) is 0 Å². The van der Waals surface area contributed by atoms with Crippen LogP contribution in [0.3, 0.4) is 0 Å². The summed E-state index contributed by atoms with van der Waals surface area (Å²) in [5.41, 5.74) is 5.29. The van der Waals surface area contributed by atoms with Crippen molar-refractivity contribution in [3.8, 4) is 0 Å². The largest absolute Gasteiger partial charge is 0.355 e. The highest BCUT2D eigenvalue weighted by molar-refractivity contribution is 5.76. The van der Waals surface area contributed by atoms with E-state index in [4.69, 9.17) is 5.73 Å². The van der Waals surface area contributed by atoms with Crippen molar-refractivity contribution >= 4 is 5.91 Å². The smallest absolute Gasteiger partial charge is 0.221 e. The zero-order valence-corrected chi connectivity index (χ0v) is 8.25. The zero-order chi connectivity index (χ0) is 9.68. The van der Waals surface area contributed by atoms with Gasteiger partial charge in [-0.1, -0.05) is 0 Å². The van der Waals surface area contributed by atoms with E-state index in [1.54, 1.807) is 0 Å². The first-order chi connectivity index (χ1) is 6.24. The normalized spacial score (nSPS) is 23.4. The number of amides is 1. The lowest BCUT2D eigenvalue weighted by molar-refractivity contribution is -0.121. The Morgan fingerprint density at radius 2 is 2.46 bits per heavy atom. The molecule has 1 atom stereocenters. The number of likely N-dealkylation sites (tertiary alicyclic amines) is 1. The zero-order valence-electron chi connectivity index (χ0n) is 8.25. The second-order valence-electron chi connectivity index (χ2n) is 3.62. The Kier molecular flexibility index (Phi) is 4.18. The molecular formula is C9H19N3O. The number of rotatable bonds is 4. The second-order valence-corrected chi connectivity index (χ2v) is 3.62. The van der Waals surface area contributed by atoms with Gasteiger partial charge in [0, 0.05) is 25.6 Å². The molecule has 1 heterocycles. The van der Waals surface area contributed by atoms with Crippen molar-refractivity contribution in [3.05, 3.63) is 0 Å². The molecule has 0 saturated carbocycles. The third-order valence-corrected chi connectivity index (χ3v) is 2.56. The number of nitrogens with two attached hydrogens (primary N) is 1. The third-order valence-electron chi connectivity index (χ3n) is 2.56. The summed E-state index contributed by atoms with van der Waals surface area (Å²) < 4.78 is 0. The molecule has 1 aliphatic rings. The Bertz CT molecular complexity index is 172. The summed E-state index contributed by atoms with van der Waals surface area (Å²) in [4.78, 5) is 13.6. The maximum Gasteiger partial charge on any atom is 0.221 e. The molecule has 0 aliphatic carbocycles. The van der Waals surface area contributed by atoms with Gasteiger partial charge in [0.05, 0.1) is 0 Å². The minimum atomic E-state index is 0.129. The molecule has 1 unspecified atom stereocenters. The minimum absolute atomic E-state index is 0.129. The number of carbonyl (C=O) groups is 1. The summed E-state index contributed by atoms with van der Waals surface area (Å²) in [7, 11) is 2.08. The first kappa shape index (κ1) is 10.5. The van der Waals surface area contributed by atoms with E-state index < -0.39 is 0 Å². The number of hydrogen-bond acceptors (Lipinski definition) is 3. The summed E-state index contributed by atoms with van der Waals surface area (Å²) in [6.45, 7) is 2.23. The van der Waals surface area contributed by atoms with Gasteiger partial charge in [0.2, 0.25) is 5.91 Å². The van der Waals surface area contributed by atoms with Gasteiger partial charge in [-0.05, 0) is 26.4 Å². The Labute approximate surface area is 79.5 Å². The molecule has 0 spiro atoms. The van der Waals surface area contributed by atoms with Crippen molar-refractivity contribution in [1.82, 2.24) is 10.2 Å². The summed E-state index contributed by atoms with van der Waals surface area (Å²) in [6, 6.07) is 0.442. The molecule has 3 N–H and O–H groups in total. The highest BCUT2D eigenvalue weighted by atomic mass is 16.1. The Balaban J connectivity index is 2.19. The van der Waals surface area contributed by atoms with E-state index in [1.807, 2.05) is 0 Å². The van der Waals surface area contributed by atoms with Crippen LogP contribution in [0.2, 0.25) is 0 Å². The van der Waals surface area contributed by atoms with Crippen molar-refractivity contribution in [2.24, 2.45) is 5.73 Å². The molecule has 1 saturated heterocycles. The maximum absolute atomic E-state index is 11.3. The lowest BCUT2D eigenvalue weighted by Gasteiger charge is -2.18. The average molecular weight is 185 g/mol. The van der Waals surface area contributed by atoms with E-state index in [0.717, 1.165) is 13.0 Å². The van der Waals surface area contributed by atoms with Crippen LogP contribution in [0.1, 0.15) is 19.3 Å². The molecule has 0 aromatic rings. The summed E-state index contributed by atoms with van der Waals surface area (Å²) in [5, 5.41) is 2.79. The van der Waals surface area contributed by atoms with Crippen LogP contribution in [0, 0.1) is 0 Å². The fraction of sp³-hybridized carbons (Fsp3) is 0.889. The molecular weight excluding hydrogens is 166 g/mol. The van der Waals surface area contributed by atoms with Gasteiger partial charge >= 0.3 is 0 Å². The van der Waals surface area contributed by atoms with Crippen molar-refractivity contribution in [3.63, 3.8) is 0 Å². The number of hydrogen-bond donors (Lipinski definition) is 2. The van der Waals surface area contributed by atoms with E-state index in [2.05, 4.69) is 17.3 Å². The Morgan fingerprint density at radius 1 is 1.69 bits per heavy atom. The minimum Gasteiger partial charge on any atom is -0.355 e. The van der Waals surface area contributed by atoms with Crippen LogP contribution >= 0.6 is 0 Å². The fourth-order valence-electron chi connectivity index (χ4n) is 1.73. The van der Waals surface area contributed by atoms with Gasteiger partial charge in [-0.15, -0.1) is 0 Å². The second kappa shape index (κ2) is 5.19. The first-order valence-electron chi connectivity index (χ1n) is 4.91. The number of carbonyl (C=O) groups excluding carboxylic acids is 1. The van der Waals surface area contributed by atoms with E-state index in [9.17, 15) is 4.79 Å². The van der Waals surface area contributed by atoms with Gasteiger partial charge in [-0.25, -0.2) is 0 Å². The third kappa shape index (κ3) is 3.32. The lowest BCUT2D eigenvalue weighted by Crippen LogP contribution is -2.35. The van der Waals surface area contributed by atoms with E-state index in [-0.39, 0.29) is 5.91 Å². The number of nitrogens with zero attached hydrogens (tertiary/aromatic N) is 1. The molecule has 0 aromatic carbocycles. The molecule has 76 valence electrons. The van der Waals surface area contributed by atoms with Crippen LogP contribution in [0.5, 0.6) is 0 Å². The summed E-state index contributed by atoms with van der Waals surface area (Å²) in [6.07, 6.45) is 2.98. The average Bonchev–Trinajstić information content (AvgIpc) is 2.48. The monoisotopic (exact) mass is 185 g/mol. The van der Waals surface area contributed by atoms with E-state index in [1.165, 1.54) is 6.42 Å². The van der Waals surface area contributed by atoms with Gasteiger partial charge in [0.15, 0.2) is 0 Å². The molecule has 1 aliphatic heterocycles. The van der Waals surface area contributed by atoms with Crippen LogP contribution in [0.25, 0.3) is 0 Å². The molecule has 1 fully saturated rings. The maximum atomic E-state index is 11.3. The molecule has 1 amide bonds. The van der Waals surface area contributed by atoms with Crippen molar-refractivity contribution in [2.45, 2.75) is 25.3 Å². The highest BCUT2D eigenvalue weighted by Crippen LogP contribution is 2.17. The molecule has 4 nitrogen and oxygen atoms in total. The predicted octanol–water partition coefficient (Wildman–Crippen LogP) is -0.454. The van der Waals surface area contributed by atoms with Gasteiger partial charge < -0.3 is 16.0 Å². The Hall–Kier alpha value is -0.610.